The van der Waals surface area contributed by atoms with Crippen LogP contribution < -0.4 is 15.1 Å². The van der Waals surface area contributed by atoms with Gasteiger partial charge in [-0.2, -0.15) is 0 Å². The fourth-order valence-electron chi connectivity index (χ4n) is 4.41. The maximum absolute atomic E-state index is 13.5. The van der Waals surface area contributed by atoms with Crippen molar-refractivity contribution in [2.75, 3.05) is 0 Å². The van der Waals surface area contributed by atoms with E-state index >= 15 is 0 Å². The third kappa shape index (κ3) is 5.49. The second-order valence-electron chi connectivity index (χ2n) is 11.0. The molecule has 0 saturated heterocycles. The average molecular weight is 610 g/mol. The molecular weight excluding hydrogens is 581 g/mol. The second kappa shape index (κ2) is 9.42. The van der Waals surface area contributed by atoms with Crippen molar-refractivity contribution in [1.82, 2.24) is 0 Å². The monoisotopic (exact) mass is 608 g/mol. The normalized spacial score (nSPS) is 13.8. The molecule has 36 heavy (non-hydrogen) atoms. The summed E-state index contributed by atoms with van der Waals surface area (Å²) in [5.74, 6) is -0.309. The molecule has 0 fully saturated rings. The summed E-state index contributed by atoms with van der Waals surface area (Å²) in [6.45, 7) is 13.4. The van der Waals surface area contributed by atoms with E-state index in [0.29, 0.717) is 21.4 Å². The summed E-state index contributed by atoms with van der Waals surface area (Å²) >= 11 is 3.17. The Morgan fingerprint density at radius 3 is 1.64 bits per heavy atom. The highest BCUT2D eigenvalue weighted by atomic mass is 79.9. The Morgan fingerprint density at radius 2 is 1.19 bits per heavy atom. The van der Waals surface area contributed by atoms with E-state index in [0.717, 1.165) is 16.2 Å². The van der Waals surface area contributed by atoms with Gasteiger partial charge in [-0.15, -0.1) is 13.2 Å². The number of hydrogen-bond donors (Lipinski definition) is 0. The van der Waals surface area contributed by atoms with Gasteiger partial charge in [0.15, 0.2) is 0 Å². The van der Waals surface area contributed by atoms with Crippen molar-refractivity contribution in [2.45, 2.75) is 50.5 Å². The summed E-state index contributed by atoms with van der Waals surface area (Å²) in [4.78, 5) is 0.400. The van der Waals surface area contributed by atoms with Gasteiger partial charge in [0.25, 0.3) is 0 Å². The predicted molar refractivity (Wildman–Crippen MR) is 155 cm³/mol. The molecule has 1 atom stereocenters. The molecular formula is C27H28BrF3O2SSi2. The lowest BCUT2D eigenvalue weighted by molar-refractivity contribution is -0.274. The third-order valence-electron chi connectivity index (χ3n) is 6.34. The minimum atomic E-state index is -4.87. The summed E-state index contributed by atoms with van der Waals surface area (Å²) < 4.78 is 58.0. The van der Waals surface area contributed by atoms with Gasteiger partial charge in [0.05, 0.1) is 21.0 Å². The van der Waals surface area contributed by atoms with Crippen LogP contribution in [0.2, 0.25) is 39.3 Å². The first kappa shape index (κ1) is 27.1. The summed E-state index contributed by atoms with van der Waals surface area (Å²) in [7, 11) is -4.91. The smallest absolute Gasteiger partial charge is 0.405 e. The number of rotatable bonds is 5. The molecule has 0 saturated carbocycles. The number of fused-ring (bicyclic) bond motifs is 2. The Morgan fingerprint density at radius 1 is 0.722 bits per heavy atom. The zero-order valence-corrected chi connectivity index (χ0v) is 25.4. The summed E-state index contributed by atoms with van der Waals surface area (Å²) in [5, 5.41) is 5.50. The molecule has 0 heterocycles. The first-order chi connectivity index (χ1) is 16.6. The van der Waals surface area contributed by atoms with Crippen molar-refractivity contribution >= 4 is 72.1 Å². The van der Waals surface area contributed by atoms with Crippen LogP contribution in [0.1, 0.15) is 0 Å². The van der Waals surface area contributed by atoms with E-state index in [1.807, 2.05) is 30.3 Å². The summed E-state index contributed by atoms with van der Waals surface area (Å²) in [5.41, 5.74) is 0.775. The molecule has 0 spiro atoms. The predicted octanol–water partition coefficient (Wildman–Crippen LogP) is 8.07. The van der Waals surface area contributed by atoms with Crippen LogP contribution in [-0.4, -0.2) is 26.7 Å². The van der Waals surface area contributed by atoms with Gasteiger partial charge in [0.2, 0.25) is 0 Å². The van der Waals surface area contributed by atoms with Crippen molar-refractivity contribution in [3.05, 3.63) is 60.7 Å². The molecule has 4 aromatic rings. The molecule has 1 unspecified atom stereocenters. The third-order valence-corrected chi connectivity index (χ3v) is 12.2. The van der Waals surface area contributed by atoms with Gasteiger partial charge in [0, 0.05) is 25.9 Å². The fourth-order valence-corrected chi connectivity index (χ4v) is 8.11. The zero-order chi connectivity index (χ0) is 26.6. The van der Waals surface area contributed by atoms with Gasteiger partial charge in [-0.25, -0.2) is 4.21 Å². The van der Waals surface area contributed by atoms with Crippen LogP contribution in [0.3, 0.4) is 0 Å². The summed E-state index contributed by atoms with van der Waals surface area (Å²) in [6, 6.07) is 18.7. The number of benzene rings is 4. The Bertz CT molecular complexity index is 1510. The molecule has 0 bridgehead atoms. The lowest BCUT2D eigenvalue weighted by Crippen LogP contribution is -2.37. The molecule has 0 N–H and O–H groups in total. The second-order valence-corrected chi connectivity index (χ2v) is 23.8. The molecule has 4 aromatic carbocycles. The topological polar surface area (TPSA) is 26.3 Å². The molecule has 4 rings (SSSR count). The van der Waals surface area contributed by atoms with Gasteiger partial charge in [0.1, 0.15) is 15.0 Å². The molecule has 2 nitrogen and oxygen atoms in total. The molecule has 0 aliphatic rings. The van der Waals surface area contributed by atoms with Crippen LogP contribution in [-0.2, 0) is 9.23 Å². The minimum absolute atomic E-state index is 0.293. The van der Waals surface area contributed by atoms with Crippen molar-refractivity contribution in [1.29, 1.82) is 0 Å². The highest BCUT2D eigenvalue weighted by molar-refractivity contribution is 9.46. The Kier molecular flexibility index (Phi) is 7.09. The lowest BCUT2D eigenvalue weighted by atomic mass is 9.93. The van der Waals surface area contributed by atoms with Gasteiger partial charge in [-0.1, -0.05) is 98.2 Å². The van der Waals surface area contributed by atoms with Crippen LogP contribution in [0.5, 0.6) is 5.75 Å². The maximum Gasteiger partial charge on any atom is 0.573 e. The van der Waals surface area contributed by atoms with Gasteiger partial charge >= 0.3 is 6.36 Å². The van der Waals surface area contributed by atoms with Crippen molar-refractivity contribution in [3.63, 3.8) is 0 Å². The van der Waals surface area contributed by atoms with E-state index in [1.54, 1.807) is 12.1 Å². The molecule has 9 heteroatoms. The van der Waals surface area contributed by atoms with E-state index < -0.39 is 31.7 Å². The van der Waals surface area contributed by atoms with E-state index in [1.165, 1.54) is 16.4 Å². The Hall–Kier alpha value is -1.95. The van der Waals surface area contributed by atoms with E-state index in [9.17, 15) is 17.4 Å². The average Bonchev–Trinajstić information content (AvgIpc) is 2.75. The molecule has 0 aliphatic heterocycles. The molecule has 190 valence electrons. The van der Waals surface area contributed by atoms with Crippen LogP contribution in [0.15, 0.2) is 65.6 Å². The zero-order valence-electron chi connectivity index (χ0n) is 21.0. The van der Waals surface area contributed by atoms with Crippen LogP contribution >= 0.6 is 14.8 Å². The van der Waals surface area contributed by atoms with Gasteiger partial charge < -0.3 is 4.74 Å². The van der Waals surface area contributed by atoms with Gasteiger partial charge in [-0.05, 0) is 33.7 Å². The number of halogens is 4. The Labute approximate surface area is 221 Å². The first-order valence-corrected chi connectivity index (χ1v) is 21.5. The van der Waals surface area contributed by atoms with Crippen molar-refractivity contribution < 1.29 is 22.1 Å². The maximum atomic E-state index is 13.5. The van der Waals surface area contributed by atoms with E-state index in [-0.39, 0.29) is 5.75 Å². The quantitative estimate of drug-likeness (QED) is 0.169. The fraction of sp³-hybridized carbons (Fsp3) is 0.259. The lowest BCUT2D eigenvalue weighted by Gasteiger charge is -2.22. The highest BCUT2D eigenvalue weighted by Crippen LogP contribution is 2.45. The standard InChI is InChI=1S/C27H28BrF3O2SSi2/c1-35(2,3)19-9-11-21-17(15-19)7-13-23(33-27(29,30)31)25(21)26-22-12-10-20(36(4,5)6)16-18(22)8-14-24(26)34(28)32/h7-16H,1-6H3. The molecule has 0 aliphatic carbocycles. The van der Waals surface area contributed by atoms with Crippen molar-refractivity contribution in [2.24, 2.45) is 0 Å². The number of ether oxygens (including phenoxy) is 1. The highest BCUT2D eigenvalue weighted by Gasteiger charge is 2.34. The van der Waals surface area contributed by atoms with Gasteiger partial charge in [-0.3, -0.25) is 0 Å². The first-order valence-electron chi connectivity index (χ1n) is 11.5. The number of alkyl halides is 3. The molecule has 0 aromatic heterocycles. The summed E-state index contributed by atoms with van der Waals surface area (Å²) in [6.07, 6.45) is -4.87. The number of hydrogen-bond acceptors (Lipinski definition) is 2. The van der Waals surface area contributed by atoms with E-state index in [2.05, 4.69) is 71.0 Å². The van der Waals surface area contributed by atoms with Crippen LogP contribution in [0, 0.1) is 0 Å². The molecule has 0 radical (unpaired) electrons. The van der Waals surface area contributed by atoms with E-state index in [4.69, 9.17) is 0 Å². The Balaban J connectivity index is 2.15. The van der Waals surface area contributed by atoms with Crippen molar-refractivity contribution in [3.8, 4) is 16.9 Å². The van der Waals surface area contributed by atoms with Crippen LogP contribution in [0.4, 0.5) is 13.2 Å². The minimum Gasteiger partial charge on any atom is -0.405 e. The SMILES string of the molecule is C[Si](C)(C)c1ccc2c(-c3c(S(=O)Br)ccc4cc([Si](C)(C)C)ccc34)c(OC(F)(F)F)ccc2c1. The van der Waals surface area contributed by atoms with Crippen LogP contribution in [0.25, 0.3) is 32.7 Å². The largest absolute Gasteiger partial charge is 0.573 e. The molecule has 0 amide bonds.